The van der Waals surface area contributed by atoms with Crippen LogP contribution in [-0.4, -0.2) is 23.6 Å². The van der Waals surface area contributed by atoms with Gasteiger partial charge in [0.1, 0.15) is 5.76 Å². The number of guanidine groups is 1. The summed E-state index contributed by atoms with van der Waals surface area (Å²) in [6, 6.07) is 8.10. The van der Waals surface area contributed by atoms with E-state index in [1.165, 1.54) is 5.56 Å². The number of fused-ring (bicyclic) bond motifs is 2. The molecule has 0 saturated carbocycles. The van der Waals surface area contributed by atoms with Gasteiger partial charge in [0.25, 0.3) is 5.91 Å². The fourth-order valence-electron chi connectivity index (χ4n) is 4.07. The highest BCUT2D eigenvalue weighted by atomic mass is 16.4. The number of carbonyl (C=O) groups is 1. The summed E-state index contributed by atoms with van der Waals surface area (Å²) >= 11 is 0. The van der Waals surface area contributed by atoms with Crippen molar-refractivity contribution in [2.45, 2.75) is 45.6 Å². The van der Waals surface area contributed by atoms with Crippen molar-refractivity contribution in [1.82, 2.24) is 0 Å². The molecular formula is C20H23N5O2. The lowest BCUT2D eigenvalue weighted by molar-refractivity contribution is 0.0952. The van der Waals surface area contributed by atoms with E-state index < -0.39 is 0 Å². The van der Waals surface area contributed by atoms with E-state index in [-0.39, 0.29) is 17.9 Å². The van der Waals surface area contributed by atoms with Crippen LogP contribution in [0.3, 0.4) is 0 Å². The summed E-state index contributed by atoms with van der Waals surface area (Å²) in [7, 11) is 0. The van der Waals surface area contributed by atoms with Crippen LogP contribution in [0.2, 0.25) is 0 Å². The molecule has 1 amide bonds. The number of hydrogen-bond acceptors (Lipinski definition) is 4. The first-order chi connectivity index (χ1) is 13.0. The zero-order chi connectivity index (χ0) is 19.1. The van der Waals surface area contributed by atoms with Crippen molar-refractivity contribution >= 4 is 23.3 Å². The average molecular weight is 365 g/mol. The number of anilines is 1. The Morgan fingerprint density at radius 2 is 2.04 bits per heavy atom. The van der Waals surface area contributed by atoms with Crippen molar-refractivity contribution in [2.75, 3.05) is 4.90 Å². The number of benzene rings is 1. The highest BCUT2D eigenvalue weighted by Crippen LogP contribution is 2.36. The molecule has 1 unspecified atom stereocenters. The zero-order valence-electron chi connectivity index (χ0n) is 15.5. The molecule has 2 aromatic rings. The third-order valence-corrected chi connectivity index (χ3v) is 5.23. The lowest BCUT2D eigenvalue weighted by Gasteiger charge is -2.21. The molecule has 1 aromatic carbocycles. The normalized spacial score (nSPS) is 19.7. The molecule has 27 heavy (non-hydrogen) atoms. The van der Waals surface area contributed by atoms with Gasteiger partial charge in [-0.1, -0.05) is 18.2 Å². The Bertz CT molecular complexity index is 969. The van der Waals surface area contributed by atoms with Gasteiger partial charge in [0.15, 0.2) is 5.76 Å². The minimum atomic E-state index is -0.111. The van der Waals surface area contributed by atoms with Crippen molar-refractivity contribution < 1.29 is 9.21 Å². The molecule has 2 aliphatic rings. The molecule has 140 valence electrons. The molecule has 0 bridgehead atoms. The number of carbonyl (C=O) groups excluding carboxylic acids is 1. The molecule has 0 radical (unpaired) electrons. The Morgan fingerprint density at radius 1 is 1.26 bits per heavy atom. The van der Waals surface area contributed by atoms with Gasteiger partial charge >= 0.3 is 0 Å². The van der Waals surface area contributed by atoms with Gasteiger partial charge in [0.2, 0.25) is 5.96 Å². The minimum absolute atomic E-state index is 0.0884. The summed E-state index contributed by atoms with van der Waals surface area (Å²) < 4.78 is 6.03. The first-order valence-corrected chi connectivity index (χ1v) is 9.17. The first kappa shape index (κ1) is 17.3. The van der Waals surface area contributed by atoms with Gasteiger partial charge in [0, 0.05) is 29.3 Å². The fraction of sp³-hybridized carbons (Fsp3) is 0.350. The average Bonchev–Trinajstić information content (AvgIpc) is 3.16. The highest BCUT2D eigenvalue weighted by Gasteiger charge is 2.36. The molecular weight excluding hydrogens is 342 g/mol. The van der Waals surface area contributed by atoms with E-state index >= 15 is 0 Å². The first-order valence-electron chi connectivity index (χ1n) is 9.17. The molecule has 0 fully saturated rings. The van der Waals surface area contributed by atoms with Crippen LogP contribution in [0.25, 0.3) is 0 Å². The highest BCUT2D eigenvalue weighted by molar-refractivity contribution is 6.11. The van der Waals surface area contributed by atoms with E-state index in [0.29, 0.717) is 5.76 Å². The molecule has 1 atom stereocenters. The van der Waals surface area contributed by atoms with Crippen LogP contribution in [0.4, 0.5) is 5.69 Å². The number of aryl methyl sites for hydroxylation is 1. The predicted octanol–water partition coefficient (Wildman–Crippen LogP) is 2.49. The van der Waals surface area contributed by atoms with Gasteiger partial charge in [-0.25, -0.2) is 0 Å². The molecule has 0 saturated heterocycles. The Balaban J connectivity index is 1.75. The van der Waals surface area contributed by atoms with Gasteiger partial charge in [-0.3, -0.25) is 4.79 Å². The van der Waals surface area contributed by atoms with Crippen molar-refractivity contribution in [2.24, 2.45) is 21.7 Å². The standard InChI is InChI=1S/C20H23N5O2/c1-11-10-13-6-3-4-8-15(13)25(11)19(26)18-12(2)17-14(23-24-20(21)22)7-5-9-16(17)27-18/h3-4,6,8,11H,5,7,9-10H2,1-2H3,(H4,21,22,24)/b23-14+. The summed E-state index contributed by atoms with van der Waals surface area (Å²) in [5.41, 5.74) is 15.4. The molecule has 4 rings (SSSR count). The summed E-state index contributed by atoms with van der Waals surface area (Å²) in [4.78, 5) is 15.2. The number of nitrogens with zero attached hydrogens (tertiary/aromatic N) is 3. The maximum Gasteiger partial charge on any atom is 0.294 e. The van der Waals surface area contributed by atoms with E-state index in [1.54, 1.807) is 0 Å². The molecule has 7 heteroatoms. The van der Waals surface area contributed by atoms with Crippen molar-refractivity contribution in [3.63, 3.8) is 0 Å². The fourth-order valence-corrected chi connectivity index (χ4v) is 4.07. The topological polar surface area (TPSA) is 110 Å². The van der Waals surface area contributed by atoms with Crippen LogP contribution in [0, 0.1) is 6.92 Å². The second-order valence-electron chi connectivity index (χ2n) is 7.14. The second-order valence-corrected chi connectivity index (χ2v) is 7.14. The van der Waals surface area contributed by atoms with Gasteiger partial charge in [-0.2, -0.15) is 5.10 Å². The SMILES string of the molecule is Cc1c(C(=O)N2c3ccccc3CC2C)oc2c1/C(=N/N=C(N)N)CCC2. The minimum Gasteiger partial charge on any atom is -0.455 e. The quantitative estimate of drug-likeness (QED) is 0.484. The number of rotatable bonds is 2. The molecule has 1 aliphatic heterocycles. The van der Waals surface area contributed by atoms with Gasteiger partial charge in [-0.15, -0.1) is 5.10 Å². The number of para-hydroxylation sites is 1. The molecule has 4 N–H and O–H groups in total. The van der Waals surface area contributed by atoms with Crippen LogP contribution in [0.5, 0.6) is 0 Å². The smallest absolute Gasteiger partial charge is 0.294 e. The Morgan fingerprint density at radius 3 is 2.81 bits per heavy atom. The zero-order valence-corrected chi connectivity index (χ0v) is 15.5. The van der Waals surface area contributed by atoms with Gasteiger partial charge < -0.3 is 20.8 Å². The summed E-state index contributed by atoms with van der Waals surface area (Å²) in [5.74, 6) is 0.963. The molecule has 2 heterocycles. The number of hydrogen-bond donors (Lipinski definition) is 2. The van der Waals surface area contributed by atoms with Crippen LogP contribution >= 0.6 is 0 Å². The second kappa shape index (κ2) is 6.57. The van der Waals surface area contributed by atoms with Crippen LogP contribution in [0.15, 0.2) is 38.9 Å². The number of nitrogens with two attached hydrogens (primary N) is 2. The Hall–Kier alpha value is -3.09. The van der Waals surface area contributed by atoms with E-state index in [1.807, 2.05) is 30.0 Å². The molecule has 1 aliphatic carbocycles. The predicted molar refractivity (Wildman–Crippen MR) is 105 cm³/mol. The van der Waals surface area contributed by atoms with E-state index in [2.05, 4.69) is 23.2 Å². The largest absolute Gasteiger partial charge is 0.455 e. The molecule has 0 spiro atoms. The van der Waals surface area contributed by atoms with E-state index in [4.69, 9.17) is 15.9 Å². The van der Waals surface area contributed by atoms with Crippen molar-refractivity contribution in [1.29, 1.82) is 0 Å². The summed E-state index contributed by atoms with van der Waals surface area (Å²) in [5, 5.41) is 7.96. The van der Waals surface area contributed by atoms with Crippen molar-refractivity contribution in [3.05, 3.63) is 52.5 Å². The lowest BCUT2D eigenvalue weighted by atomic mass is 9.93. The third kappa shape index (κ3) is 2.89. The summed E-state index contributed by atoms with van der Waals surface area (Å²) in [6.07, 6.45) is 3.26. The van der Waals surface area contributed by atoms with Gasteiger partial charge in [0.05, 0.1) is 5.71 Å². The number of amides is 1. The monoisotopic (exact) mass is 365 g/mol. The Labute approximate surface area is 157 Å². The lowest BCUT2D eigenvalue weighted by Crippen LogP contribution is -2.35. The van der Waals surface area contributed by atoms with Gasteiger partial charge in [-0.05, 0) is 44.7 Å². The summed E-state index contributed by atoms with van der Waals surface area (Å²) in [6.45, 7) is 3.96. The van der Waals surface area contributed by atoms with E-state index in [0.717, 1.165) is 54.0 Å². The van der Waals surface area contributed by atoms with Crippen molar-refractivity contribution in [3.8, 4) is 0 Å². The third-order valence-electron chi connectivity index (χ3n) is 5.23. The maximum absolute atomic E-state index is 13.4. The van der Waals surface area contributed by atoms with Crippen LogP contribution < -0.4 is 16.4 Å². The number of furan rings is 1. The van der Waals surface area contributed by atoms with Crippen LogP contribution in [0.1, 0.15) is 52.8 Å². The van der Waals surface area contributed by atoms with E-state index in [9.17, 15) is 4.79 Å². The maximum atomic E-state index is 13.4. The Kier molecular flexibility index (Phi) is 4.22. The van der Waals surface area contributed by atoms with Crippen LogP contribution in [-0.2, 0) is 12.8 Å². The molecule has 1 aromatic heterocycles. The molecule has 7 nitrogen and oxygen atoms in total.